The van der Waals surface area contributed by atoms with Crippen LogP contribution in [0.15, 0.2) is 43.0 Å². The average Bonchev–Trinajstić information content (AvgIpc) is 3.24. The van der Waals surface area contributed by atoms with Crippen molar-refractivity contribution in [1.29, 1.82) is 0 Å². The van der Waals surface area contributed by atoms with E-state index in [1.54, 1.807) is 4.57 Å². The van der Waals surface area contributed by atoms with Crippen LogP contribution in [0.25, 0.3) is 11.2 Å². The number of fused-ring (bicyclic) bond motifs is 1. The number of hydrogen-bond donors (Lipinski definition) is 4. The minimum atomic E-state index is -1.39. The van der Waals surface area contributed by atoms with Gasteiger partial charge in [0, 0.05) is 5.92 Å². The molecule has 1 fully saturated rings. The fraction of sp³-hybridized carbons (Fsp3) is 0.421. The lowest BCUT2D eigenvalue weighted by Gasteiger charge is -2.39. The Kier molecular flexibility index (Phi) is 4.76. The Bertz CT molecular complexity index is 965. The Hall–Kier alpha value is -2.59. The van der Waals surface area contributed by atoms with Crippen molar-refractivity contribution in [2.24, 2.45) is 5.92 Å². The van der Waals surface area contributed by atoms with E-state index in [0.717, 1.165) is 5.56 Å². The van der Waals surface area contributed by atoms with Gasteiger partial charge < -0.3 is 25.8 Å². The van der Waals surface area contributed by atoms with E-state index >= 15 is 0 Å². The van der Waals surface area contributed by atoms with Crippen molar-refractivity contribution >= 4 is 17.0 Å². The van der Waals surface area contributed by atoms with Gasteiger partial charge in [-0.15, -0.1) is 0 Å². The van der Waals surface area contributed by atoms with E-state index in [1.807, 2.05) is 37.3 Å². The fourth-order valence-corrected chi connectivity index (χ4v) is 4.04. The van der Waals surface area contributed by atoms with Crippen LogP contribution in [0.3, 0.4) is 0 Å². The number of nitrogens with two attached hydrogens (primary N) is 1. The van der Waals surface area contributed by atoms with E-state index in [-0.39, 0.29) is 11.7 Å². The largest absolute Gasteiger partial charge is 0.394 e. The molecule has 0 aliphatic carbocycles. The SMILES string of the molecule is C[C@H](Cc1ccccc1)[C@@]1(n2cnc3c(N)ncnc32)O[C@H](CO)[C@@H](O)[C@H]1O. The monoisotopic (exact) mass is 385 g/mol. The Morgan fingerprint density at radius 3 is 2.64 bits per heavy atom. The zero-order valence-electron chi connectivity index (χ0n) is 15.4. The maximum Gasteiger partial charge on any atom is 0.179 e. The first-order chi connectivity index (χ1) is 13.5. The van der Waals surface area contributed by atoms with Crippen LogP contribution in [0.5, 0.6) is 0 Å². The highest BCUT2D eigenvalue weighted by molar-refractivity contribution is 5.81. The van der Waals surface area contributed by atoms with Gasteiger partial charge in [-0.05, 0) is 12.0 Å². The molecule has 0 spiro atoms. The second kappa shape index (κ2) is 7.10. The molecule has 0 bridgehead atoms. The number of hydrogen-bond acceptors (Lipinski definition) is 8. The van der Waals surface area contributed by atoms with Crippen molar-refractivity contribution in [3.63, 3.8) is 0 Å². The number of aliphatic hydroxyl groups is 3. The third-order valence-electron chi connectivity index (χ3n) is 5.48. The van der Waals surface area contributed by atoms with Gasteiger partial charge in [-0.2, -0.15) is 0 Å². The summed E-state index contributed by atoms with van der Waals surface area (Å²) in [7, 11) is 0. The van der Waals surface area contributed by atoms with Crippen molar-refractivity contribution in [2.75, 3.05) is 12.3 Å². The molecule has 9 heteroatoms. The van der Waals surface area contributed by atoms with Gasteiger partial charge in [0.2, 0.25) is 0 Å². The maximum absolute atomic E-state index is 11.0. The summed E-state index contributed by atoms with van der Waals surface area (Å²) in [5.41, 5.74) is 6.33. The lowest BCUT2D eigenvalue weighted by molar-refractivity contribution is -0.177. The lowest BCUT2D eigenvalue weighted by Crippen LogP contribution is -2.51. The number of rotatable bonds is 5. The van der Waals surface area contributed by atoms with Crippen molar-refractivity contribution in [1.82, 2.24) is 19.5 Å². The Labute approximate surface area is 161 Å². The summed E-state index contributed by atoms with van der Waals surface area (Å²) >= 11 is 0. The molecule has 2 aromatic heterocycles. The number of benzene rings is 1. The molecule has 9 nitrogen and oxygen atoms in total. The molecule has 1 saturated heterocycles. The predicted octanol–water partition coefficient (Wildman–Crippen LogP) is 0.0530. The van der Waals surface area contributed by atoms with Crippen molar-refractivity contribution in [2.45, 2.75) is 37.4 Å². The maximum atomic E-state index is 11.0. The van der Waals surface area contributed by atoms with Crippen molar-refractivity contribution in [3.8, 4) is 0 Å². The molecule has 4 rings (SSSR count). The second-order valence-corrected chi connectivity index (χ2v) is 7.16. The quantitative estimate of drug-likeness (QED) is 0.483. The minimum absolute atomic E-state index is 0.210. The minimum Gasteiger partial charge on any atom is -0.394 e. The molecule has 0 unspecified atom stereocenters. The van der Waals surface area contributed by atoms with E-state index < -0.39 is 30.6 Å². The Morgan fingerprint density at radius 2 is 1.96 bits per heavy atom. The number of ether oxygens (including phenoxy) is 1. The second-order valence-electron chi connectivity index (χ2n) is 7.16. The molecule has 28 heavy (non-hydrogen) atoms. The third kappa shape index (κ3) is 2.75. The molecule has 0 saturated carbocycles. The van der Waals surface area contributed by atoms with Gasteiger partial charge in [-0.3, -0.25) is 4.57 Å². The number of anilines is 1. The molecular weight excluding hydrogens is 362 g/mol. The number of nitrogens with zero attached hydrogens (tertiary/aromatic N) is 4. The predicted molar refractivity (Wildman–Crippen MR) is 101 cm³/mol. The van der Waals surface area contributed by atoms with E-state index in [9.17, 15) is 15.3 Å². The normalized spacial score (nSPS) is 28.6. The zero-order chi connectivity index (χ0) is 19.9. The Balaban J connectivity index is 1.85. The summed E-state index contributed by atoms with van der Waals surface area (Å²) in [6.07, 6.45) is -0.163. The van der Waals surface area contributed by atoms with E-state index in [0.29, 0.717) is 17.6 Å². The van der Waals surface area contributed by atoms with Crippen molar-refractivity contribution in [3.05, 3.63) is 48.5 Å². The topological polar surface area (TPSA) is 140 Å². The summed E-state index contributed by atoms with van der Waals surface area (Å²) in [6.45, 7) is 1.49. The van der Waals surface area contributed by atoms with Crippen LogP contribution in [-0.4, -0.2) is 59.8 Å². The van der Waals surface area contributed by atoms with Gasteiger partial charge in [0.05, 0.1) is 12.9 Å². The van der Waals surface area contributed by atoms with Crippen LogP contribution >= 0.6 is 0 Å². The molecule has 148 valence electrons. The highest BCUT2D eigenvalue weighted by atomic mass is 16.6. The lowest BCUT2D eigenvalue weighted by atomic mass is 9.85. The van der Waals surface area contributed by atoms with Gasteiger partial charge in [-0.25, -0.2) is 15.0 Å². The molecule has 1 aromatic carbocycles. The Morgan fingerprint density at radius 1 is 1.21 bits per heavy atom. The fourth-order valence-electron chi connectivity index (χ4n) is 4.04. The summed E-state index contributed by atoms with van der Waals surface area (Å²) in [5, 5.41) is 31.2. The summed E-state index contributed by atoms with van der Waals surface area (Å²) in [6, 6.07) is 9.77. The molecule has 3 heterocycles. The van der Waals surface area contributed by atoms with Crippen LogP contribution < -0.4 is 5.73 Å². The van der Waals surface area contributed by atoms with Crippen LogP contribution in [0.1, 0.15) is 12.5 Å². The van der Waals surface area contributed by atoms with Crippen LogP contribution in [0.2, 0.25) is 0 Å². The van der Waals surface area contributed by atoms with Crippen molar-refractivity contribution < 1.29 is 20.1 Å². The summed E-state index contributed by atoms with van der Waals surface area (Å²) in [5.74, 6) is -0.0916. The number of nitrogen functional groups attached to an aromatic ring is 1. The highest BCUT2D eigenvalue weighted by Crippen LogP contribution is 2.44. The molecular formula is C19H23N5O4. The molecule has 1 aliphatic heterocycles. The zero-order valence-corrected chi connectivity index (χ0v) is 15.4. The van der Waals surface area contributed by atoms with Gasteiger partial charge in [-0.1, -0.05) is 37.3 Å². The molecule has 1 aliphatic rings. The first kappa shape index (κ1) is 18.8. The average molecular weight is 385 g/mol. The smallest absolute Gasteiger partial charge is 0.179 e. The first-order valence-electron chi connectivity index (χ1n) is 9.11. The van der Waals surface area contributed by atoms with Gasteiger partial charge in [0.25, 0.3) is 0 Å². The summed E-state index contributed by atoms with van der Waals surface area (Å²) in [4.78, 5) is 12.5. The van der Waals surface area contributed by atoms with Crippen LogP contribution in [0, 0.1) is 5.92 Å². The van der Waals surface area contributed by atoms with Gasteiger partial charge in [0.15, 0.2) is 17.2 Å². The highest BCUT2D eigenvalue weighted by Gasteiger charge is 2.58. The van der Waals surface area contributed by atoms with Gasteiger partial charge >= 0.3 is 0 Å². The van der Waals surface area contributed by atoms with Gasteiger partial charge in [0.1, 0.15) is 30.2 Å². The number of imidazole rings is 1. The molecule has 5 N–H and O–H groups in total. The first-order valence-corrected chi connectivity index (χ1v) is 9.11. The van der Waals surface area contributed by atoms with E-state index in [2.05, 4.69) is 15.0 Å². The molecule has 0 radical (unpaired) electrons. The number of aromatic nitrogens is 4. The summed E-state index contributed by atoms with van der Waals surface area (Å²) < 4.78 is 7.72. The van der Waals surface area contributed by atoms with Crippen LogP contribution in [-0.2, 0) is 16.9 Å². The molecule has 3 aromatic rings. The standard InChI is InChI=1S/C19H23N5O4/c1-11(7-12-5-3-2-4-6-12)19(16(27)15(26)13(8-25)28-19)24-10-23-14-17(20)21-9-22-18(14)24/h2-6,9-11,13,15-16,25-27H,7-8H2,1H3,(H2,20,21,22)/t11-,13-,15-,16-,19-/m1/s1. The van der Waals surface area contributed by atoms with E-state index in [1.165, 1.54) is 12.7 Å². The number of aliphatic hydroxyl groups excluding tert-OH is 3. The van der Waals surface area contributed by atoms with E-state index in [4.69, 9.17) is 10.5 Å². The third-order valence-corrected chi connectivity index (χ3v) is 5.48. The van der Waals surface area contributed by atoms with Crippen LogP contribution in [0.4, 0.5) is 5.82 Å². The molecule has 0 amide bonds. The molecule has 5 atom stereocenters.